The summed E-state index contributed by atoms with van der Waals surface area (Å²) in [5.74, 6) is 3.66. The molecule has 0 unspecified atom stereocenters. The number of nitrogens with one attached hydrogen (secondary N) is 4. The van der Waals surface area contributed by atoms with Crippen LogP contribution in [0.3, 0.4) is 0 Å². The molecule has 4 aromatic heterocycles. The summed E-state index contributed by atoms with van der Waals surface area (Å²) in [5.41, 5.74) is 22.5. The number of aromatic nitrogens is 8. The van der Waals surface area contributed by atoms with E-state index in [0.29, 0.717) is 98.3 Å². The fourth-order valence-electron chi connectivity index (χ4n) is 20.6. The van der Waals surface area contributed by atoms with E-state index in [9.17, 15) is 36.7 Å². The fourth-order valence-corrected chi connectivity index (χ4v) is 20.6. The van der Waals surface area contributed by atoms with Gasteiger partial charge in [-0.3, -0.25) is 19.2 Å². The molecule has 0 spiro atoms. The minimum absolute atomic E-state index is 0.00821. The van der Waals surface area contributed by atoms with Crippen LogP contribution in [0.2, 0.25) is 0 Å². The van der Waals surface area contributed by atoms with Gasteiger partial charge in [-0.25, -0.2) is 57.4 Å². The van der Waals surface area contributed by atoms with Crippen LogP contribution in [0, 0.1) is 46.9 Å². The van der Waals surface area contributed by atoms with Gasteiger partial charge in [-0.05, 0) is 248 Å². The maximum atomic E-state index is 13.8. The van der Waals surface area contributed by atoms with Gasteiger partial charge in [0.15, 0.2) is 23.3 Å². The van der Waals surface area contributed by atoms with Crippen LogP contribution in [0.25, 0.3) is 55.8 Å². The van der Waals surface area contributed by atoms with E-state index < -0.39 is 0 Å². The molecule has 13 aromatic rings. The average Bonchev–Trinajstić information content (AvgIpc) is 1.75. The number of halogens is 4. The predicted octanol–water partition coefficient (Wildman–Crippen LogP) is 23.5. The zero-order chi connectivity index (χ0) is 89.5. The van der Waals surface area contributed by atoms with Crippen LogP contribution in [-0.2, 0) is 122 Å². The number of hydrogen-bond donors (Lipinski definition) is 4. The molecular weight excluding hydrogens is 1640 g/mol. The summed E-state index contributed by atoms with van der Waals surface area (Å²) < 4.78 is 55.0. The molecule has 20 heteroatoms. The zero-order valence-corrected chi connectivity index (χ0v) is 74.4. The molecule has 21 rings (SSSR count). The minimum Gasteiger partial charge on any atom is -0.309 e. The normalized spacial score (nSPS) is 15.2. The topological polar surface area (TPSA) is 220 Å². The molecule has 9 aromatic carbocycles. The highest BCUT2D eigenvalue weighted by molar-refractivity contribution is 5.95. The Hall–Kier alpha value is -12.8. The molecule has 131 heavy (non-hydrogen) atoms. The van der Waals surface area contributed by atoms with Gasteiger partial charge in [0.2, 0.25) is 23.6 Å². The van der Waals surface area contributed by atoms with E-state index in [2.05, 4.69) is 57.7 Å². The van der Waals surface area contributed by atoms with Crippen molar-refractivity contribution in [2.75, 3.05) is 21.3 Å². The van der Waals surface area contributed by atoms with Gasteiger partial charge in [0.25, 0.3) is 0 Å². The summed E-state index contributed by atoms with van der Waals surface area (Å²) in [4.78, 5) is 91.1. The second-order valence-electron chi connectivity index (χ2n) is 36.9. The van der Waals surface area contributed by atoms with Gasteiger partial charge < -0.3 is 21.3 Å². The average molecular weight is 1750 g/mol. The number of aryl methyl sites for hydroxylation is 10. The van der Waals surface area contributed by atoms with Crippen molar-refractivity contribution in [1.29, 1.82) is 0 Å². The Labute approximate surface area is 764 Å². The summed E-state index contributed by atoms with van der Waals surface area (Å²) in [6, 6.07) is 64.0. The van der Waals surface area contributed by atoms with Crippen LogP contribution in [0.1, 0.15) is 212 Å². The Bertz CT molecular complexity index is 6310. The molecule has 4 saturated carbocycles. The third-order valence-electron chi connectivity index (χ3n) is 27.4. The highest BCUT2D eigenvalue weighted by atomic mass is 19.1. The number of amides is 4. The fraction of sp³-hybridized carbons (Fsp3) is 0.351. The monoisotopic (exact) mass is 1750 g/mol. The van der Waals surface area contributed by atoms with Gasteiger partial charge >= 0.3 is 0 Å². The first-order valence-corrected chi connectivity index (χ1v) is 47.6. The van der Waals surface area contributed by atoms with E-state index in [0.717, 1.165) is 205 Å². The molecule has 8 aliphatic rings. The molecule has 668 valence electrons. The van der Waals surface area contributed by atoms with Crippen molar-refractivity contribution in [3.8, 4) is 45.0 Å². The zero-order valence-electron chi connectivity index (χ0n) is 74.4. The number of hydrogen-bond acceptors (Lipinski definition) is 12. The number of fused-ring (bicyclic) bond motifs is 13. The minimum atomic E-state index is -0.219. The largest absolute Gasteiger partial charge is 0.309 e. The van der Waals surface area contributed by atoms with Gasteiger partial charge in [0.1, 0.15) is 23.3 Å². The Morgan fingerprint density at radius 1 is 0.275 bits per heavy atom. The standard InChI is InChI=1S/C30H28FN3O.C28H30FN3O.C27H28FN3O.C26H26FN3O/c31-24-12-13-25-23(18-24)11-14-26-29(25)32-27(16-19-5-1-2-6-19)30(33-26)34-28(35)17-20-9-10-21-7-3-4-8-22(21)15-20;29-22-14-15-23-21(18-22)13-16-24-27(23)30-25(17-20-9-4-5-10-20)28(31-24)32-26(33)12-6-11-19-7-2-1-3-8-19;28-21-12-13-22-20(17-21)11-14-23-26(22)29-24(16-19-8-4-5-9-19)27(30-23)31-25(32)15-10-18-6-2-1-3-7-18;27-20-11-12-21-19(16-20)10-13-22-25(21)28-23(14-17-8-4-5-9-17)26(29-22)30-24(31)15-18-6-2-1-3-7-18/h3-4,7-10,12-13,15,18-19H,1-2,5-6,11,14,16-17H2,(H,33,34,35);1-3,7-8,14-15,18,20H,4-6,9-13,16-17H2,(H,31,32,33);1-3,6-7,12-13,17,19H,4-5,8-11,14-16H2,(H,30,31,32);1-3,6-7,11-12,16-17H,4-5,8-10,13-15H2,(H,29,30,31). The van der Waals surface area contributed by atoms with E-state index in [1.165, 1.54) is 133 Å². The van der Waals surface area contributed by atoms with Crippen LogP contribution < -0.4 is 21.3 Å². The molecule has 0 bridgehead atoms. The molecule has 8 aliphatic carbocycles. The lowest BCUT2D eigenvalue weighted by molar-refractivity contribution is -0.117. The summed E-state index contributed by atoms with van der Waals surface area (Å²) in [7, 11) is 0. The second-order valence-corrected chi connectivity index (χ2v) is 36.9. The highest BCUT2D eigenvalue weighted by Crippen LogP contribution is 2.42. The third kappa shape index (κ3) is 22.6. The predicted molar refractivity (Wildman–Crippen MR) is 508 cm³/mol. The van der Waals surface area contributed by atoms with Crippen molar-refractivity contribution in [3.05, 3.63) is 320 Å². The smallest absolute Gasteiger partial charge is 0.229 e. The first-order chi connectivity index (χ1) is 64.1. The third-order valence-corrected chi connectivity index (χ3v) is 27.4. The van der Waals surface area contributed by atoms with Gasteiger partial charge in [0, 0.05) is 35.1 Å². The molecular formula is C111H112F4N12O4. The molecule has 16 nitrogen and oxygen atoms in total. The molecule has 4 heterocycles. The number of carbonyl (C=O) groups is 4. The summed E-state index contributed by atoms with van der Waals surface area (Å²) in [6.45, 7) is 0. The summed E-state index contributed by atoms with van der Waals surface area (Å²) >= 11 is 0. The van der Waals surface area contributed by atoms with Crippen molar-refractivity contribution >= 4 is 57.7 Å². The van der Waals surface area contributed by atoms with E-state index >= 15 is 0 Å². The number of nitrogens with zero attached hydrogens (tertiary/aromatic N) is 8. The maximum Gasteiger partial charge on any atom is 0.229 e. The van der Waals surface area contributed by atoms with Crippen molar-refractivity contribution < 1.29 is 36.7 Å². The van der Waals surface area contributed by atoms with Gasteiger partial charge in [0.05, 0.1) is 81.2 Å². The summed E-state index contributed by atoms with van der Waals surface area (Å²) in [6.07, 6.45) is 32.4. The molecule has 4 fully saturated rings. The van der Waals surface area contributed by atoms with Crippen LogP contribution in [0.4, 0.5) is 40.8 Å². The Morgan fingerprint density at radius 3 is 0.924 bits per heavy atom. The van der Waals surface area contributed by atoms with Crippen molar-refractivity contribution in [2.24, 2.45) is 23.7 Å². The van der Waals surface area contributed by atoms with Crippen LogP contribution in [0.15, 0.2) is 206 Å². The molecule has 0 radical (unpaired) electrons. The summed E-state index contributed by atoms with van der Waals surface area (Å²) in [5, 5.41) is 14.6. The molecule has 0 atom stereocenters. The SMILES string of the molecule is O=C(CCCc1ccccc1)Nc1nc2c(nc1CC1CCCC1)-c1ccc(F)cc1CC2.O=C(CCc1ccccc1)Nc1nc2c(nc1CC1CCCC1)-c1ccc(F)cc1CC2.O=C(Cc1ccc2ccccc2c1)Nc1nc2c(nc1CC1CCCC1)-c1ccc(F)cc1CC2.O=C(Cc1ccccc1)Nc1nc2c(nc1CC1CCCC1)-c1ccc(F)cc1CC2. The lowest BCUT2D eigenvalue weighted by Crippen LogP contribution is -2.20. The number of carbonyl (C=O) groups excluding carboxylic acids is 4. The number of rotatable bonds is 23. The lowest BCUT2D eigenvalue weighted by atomic mass is 9.91. The Balaban J connectivity index is 0.000000117. The molecule has 0 saturated heterocycles. The van der Waals surface area contributed by atoms with Gasteiger partial charge in [-0.1, -0.05) is 236 Å². The first-order valence-electron chi connectivity index (χ1n) is 47.6. The van der Waals surface area contributed by atoms with Gasteiger partial charge in [-0.2, -0.15) is 0 Å². The maximum absolute atomic E-state index is 13.8. The van der Waals surface area contributed by atoms with E-state index in [1.807, 2.05) is 121 Å². The molecule has 4 amide bonds. The Kier molecular flexibility index (Phi) is 28.4. The van der Waals surface area contributed by atoms with E-state index in [-0.39, 0.29) is 53.3 Å². The Morgan fingerprint density at radius 2 is 0.573 bits per heavy atom. The van der Waals surface area contributed by atoms with Gasteiger partial charge in [-0.15, -0.1) is 0 Å². The van der Waals surface area contributed by atoms with E-state index in [1.54, 1.807) is 24.3 Å². The first kappa shape index (κ1) is 88.8. The van der Waals surface area contributed by atoms with Crippen molar-refractivity contribution in [2.45, 2.75) is 225 Å². The van der Waals surface area contributed by atoms with E-state index in [4.69, 9.17) is 39.9 Å². The van der Waals surface area contributed by atoms with Crippen molar-refractivity contribution in [1.82, 2.24) is 39.9 Å². The van der Waals surface area contributed by atoms with Crippen LogP contribution in [-0.4, -0.2) is 63.5 Å². The quantitative estimate of drug-likeness (QED) is 0.0440. The van der Waals surface area contributed by atoms with Crippen molar-refractivity contribution in [3.63, 3.8) is 0 Å². The van der Waals surface area contributed by atoms with Crippen LogP contribution in [0.5, 0.6) is 0 Å². The molecule has 0 aliphatic heterocycles. The number of anilines is 4. The number of benzene rings is 9. The van der Waals surface area contributed by atoms with Crippen LogP contribution >= 0.6 is 0 Å². The highest BCUT2D eigenvalue weighted by Gasteiger charge is 2.32. The molecule has 4 N–H and O–H groups in total. The lowest BCUT2D eigenvalue weighted by Gasteiger charge is -2.22. The second kappa shape index (κ2) is 41.9.